The van der Waals surface area contributed by atoms with Gasteiger partial charge in [0.2, 0.25) is 11.8 Å². The monoisotopic (exact) mass is 690 g/mol. The number of ether oxygens (including phenoxy) is 2. The van der Waals surface area contributed by atoms with Gasteiger partial charge in [-0.3, -0.25) is 19.2 Å². The van der Waals surface area contributed by atoms with Crippen LogP contribution in [0.2, 0.25) is 0 Å². The fourth-order valence-corrected chi connectivity index (χ4v) is 6.78. The Kier molecular flexibility index (Phi) is 9.82. The van der Waals surface area contributed by atoms with E-state index in [-0.39, 0.29) is 46.7 Å². The van der Waals surface area contributed by atoms with Gasteiger partial charge in [0.1, 0.15) is 0 Å². The predicted molar refractivity (Wildman–Crippen MR) is 187 cm³/mol. The number of nitrogens with one attached hydrogen (secondary N) is 2. The van der Waals surface area contributed by atoms with Gasteiger partial charge in [0, 0.05) is 90.4 Å². The SMILES string of the molecule is CC(=O)N(C)[C@H]1CCN(C(=O)c2cnc3c(c2)OCC(C)(C)CN3)C1.CC(=O)N(C)[C@H]1CCN(C(=O)c2cnc3c(c2)OCCC2(CC2)N3)C1. The Hall–Kier alpha value is -4.62. The van der Waals surface area contributed by atoms with E-state index in [1.165, 1.54) is 0 Å². The Morgan fingerprint density at radius 1 is 0.800 bits per heavy atom. The molecule has 2 aromatic rings. The molecule has 0 unspecified atom stereocenters. The molecule has 6 heterocycles. The van der Waals surface area contributed by atoms with Gasteiger partial charge in [-0.05, 0) is 37.8 Å². The number of amides is 4. The summed E-state index contributed by atoms with van der Waals surface area (Å²) in [6.07, 6.45) is 8.10. The second-order valence-electron chi connectivity index (χ2n) is 15.1. The minimum Gasteiger partial charge on any atom is -0.490 e. The fraction of sp³-hybridized carbons (Fsp3) is 0.611. The van der Waals surface area contributed by atoms with Crippen molar-refractivity contribution in [2.45, 2.75) is 77.4 Å². The molecule has 2 saturated heterocycles. The van der Waals surface area contributed by atoms with E-state index in [0.717, 1.165) is 44.5 Å². The van der Waals surface area contributed by atoms with Crippen LogP contribution in [0.4, 0.5) is 11.6 Å². The summed E-state index contributed by atoms with van der Waals surface area (Å²) in [5.74, 6) is 2.62. The third-order valence-electron chi connectivity index (χ3n) is 10.6. The van der Waals surface area contributed by atoms with Crippen molar-refractivity contribution >= 4 is 35.3 Å². The third-order valence-corrected chi connectivity index (χ3v) is 10.6. The number of hydrogen-bond donors (Lipinski definition) is 2. The molecule has 4 aliphatic heterocycles. The van der Waals surface area contributed by atoms with Gasteiger partial charge in [-0.15, -0.1) is 0 Å². The largest absolute Gasteiger partial charge is 0.490 e. The van der Waals surface area contributed by atoms with Crippen LogP contribution < -0.4 is 20.1 Å². The standard InChI is InChI=1S/C18H24N4O3.C18H26N4O3/c1-12(23)21(2)14-3-7-22(11-14)17(24)13-9-15-16(19-10-13)20-18(4-5-18)6-8-25-15;1-12(23)21(4)14-5-6-22(9-14)17(24)13-7-15-16(19-8-13)20-10-18(2,3)11-25-15/h9-10,14H,3-8,11H2,1-2H3,(H,19,20);7-8,14H,5-6,9-11H2,1-4H3,(H,19,20)/t2*14-/m00/s1. The lowest BCUT2D eigenvalue weighted by molar-refractivity contribution is -0.130. The summed E-state index contributed by atoms with van der Waals surface area (Å²) in [5, 5.41) is 6.76. The summed E-state index contributed by atoms with van der Waals surface area (Å²) in [4.78, 5) is 64.4. The molecular formula is C36H50N8O6. The molecule has 7 rings (SSSR count). The normalized spacial score (nSPS) is 22.4. The molecule has 5 aliphatic rings. The number of anilines is 2. The average molecular weight is 691 g/mol. The van der Waals surface area contributed by atoms with Crippen LogP contribution in [0.15, 0.2) is 24.5 Å². The van der Waals surface area contributed by atoms with Gasteiger partial charge < -0.3 is 39.7 Å². The molecule has 2 aromatic heterocycles. The van der Waals surface area contributed by atoms with Crippen molar-refractivity contribution in [3.63, 3.8) is 0 Å². The number of nitrogens with zero attached hydrogens (tertiary/aromatic N) is 6. The van der Waals surface area contributed by atoms with Crippen molar-refractivity contribution in [2.75, 3.05) is 70.7 Å². The number of likely N-dealkylation sites (tertiary alicyclic amines) is 2. The first kappa shape index (κ1) is 35.2. The maximum Gasteiger partial charge on any atom is 0.255 e. The molecule has 3 fully saturated rings. The van der Waals surface area contributed by atoms with Gasteiger partial charge in [0.25, 0.3) is 11.8 Å². The van der Waals surface area contributed by atoms with Gasteiger partial charge in [-0.25, -0.2) is 9.97 Å². The van der Waals surface area contributed by atoms with Crippen molar-refractivity contribution in [3.05, 3.63) is 35.7 Å². The zero-order valence-electron chi connectivity index (χ0n) is 30.1. The van der Waals surface area contributed by atoms with E-state index < -0.39 is 0 Å². The number of pyridine rings is 2. The van der Waals surface area contributed by atoms with Crippen molar-refractivity contribution < 1.29 is 28.7 Å². The lowest BCUT2D eigenvalue weighted by Crippen LogP contribution is -2.38. The molecule has 0 radical (unpaired) electrons. The predicted octanol–water partition coefficient (Wildman–Crippen LogP) is 3.11. The molecule has 270 valence electrons. The van der Waals surface area contributed by atoms with Crippen LogP contribution in [0.3, 0.4) is 0 Å². The molecule has 2 atom stereocenters. The number of rotatable bonds is 4. The first-order chi connectivity index (χ1) is 23.7. The fourth-order valence-electron chi connectivity index (χ4n) is 6.78. The Labute approximate surface area is 293 Å². The Balaban J connectivity index is 0.000000173. The number of carbonyl (C=O) groups is 4. The van der Waals surface area contributed by atoms with Crippen molar-refractivity contribution in [1.29, 1.82) is 0 Å². The number of fused-ring (bicyclic) bond motifs is 2. The van der Waals surface area contributed by atoms with E-state index in [2.05, 4.69) is 34.4 Å². The second kappa shape index (κ2) is 13.9. The highest BCUT2D eigenvalue weighted by Gasteiger charge is 2.44. The zero-order valence-corrected chi connectivity index (χ0v) is 30.1. The average Bonchev–Trinajstić information content (AvgIpc) is 3.51. The Morgan fingerprint density at radius 2 is 1.32 bits per heavy atom. The van der Waals surface area contributed by atoms with E-state index in [1.807, 2.05) is 0 Å². The molecule has 1 spiro atoms. The van der Waals surface area contributed by atoms with Gasteiger partial charge in [0.15, 0.2) is 23.1 Å². The van der Waals surface area contributed by atoms with E-state index >= 15 is 0 Å². The summed E-state index contributed by atoms with van der Waals surface area (Å²) in [5.41, 5.74) is 1.22. The highest BCUT2D eigenvalue weighted by molar-refractivity contribution is 5.95. The van der Waals surface area contributed by atoms with Crippen LogP contribution in [0.1, 0.15) is 80.5 Å². The first-order valence-electron chi connectivity index (χ1n) is 17.6. The molecule has 14 heteroatoms. The van der Waals surface area contributed by atoms with Gasteiger partial charge in [0.05, 0.1) is 36.4 Å². The van der Waals surface area contributed by atoms with Crippen molar-refractivity contribution in [3.8, 4) is 11.5 Å². The molecule has 1 saturated carbocycles. The molecule has 2 N–H and O–H groups in total. The summed E-state index contributed by atoms with van der Waals surface area (Å²) in [6.45, 7) is 11.7. The van der Waals surface area contributed by atoms with Crippen LogP contribution in [-0.4, -0.2) is 131 Å². The van der Waals surface area contributed by atoms with E-state index in [1.54, 1.807) is 72.1 Å². The Bertz CT molecular complexity index is 1640. The van der Waals surface area contributed by atoms with Crippen LogP contribution in [0.5, 0.6) is 11.5 Å². The summed E-state index contributed by atoms with van der Waals surface area (Å²) in [6, 6.07) is 3.72. The minimum absolute atomic E-state index is 0.00429. The molecule has 50 heavy (non-hydrogen) atoms. The topological polar surface area (TPSA) is 150 Å². The van der Waals surface area contributed by atoms with Gasteiger partial charge >= 0.3 is 0 Å². The molecule has 0 bridgehead atoms. The summed E-state index contributed by atoms with van der Waals surface area (Å²) in [7, 11) is 3.57. The molecular weight excluding hydrogens is 640 g/mol. The molecule has 14 nitrogen and oxygen atoms in total. The quantitative estimate of drug-likeness (QED) is 0.490. The second-order valence-corrected chi connectivity index (χ2v) is 15.1. The van der Waals surface area contributed by atoms with Gasteiger partial charge in [-0.1, -0.05) is 13.8 Å². The first-order valence-corrected chi connectivity index (χ1v) is 17.6. The summed E-state index contributed by atoms with van der Waals surface area (Å²) >= 11 is 0. The van der Waals surface area contributed by atoms with E-state index in [0.29, 0.717) is 67.8 Å². The number of aromatic nitrogens is 2. The minimum atomic E-state index is -0.0677. The smallest absolute Gasteiger partial charge is 0.255 e. The number of hydrogen-bond acceptors (Lipinski definition) is 10. The highest BCUT2D eigenvalue weighted by Crippen LogP contribution is 2.45. The Morgan fingerprint density at radius 3 is 1.84 bits per heavy atom. The van der Waals surface area contributed by atoms with E-state index in [4.69, 9.17) is 9.47 Å². The lowest BCUT2D eigenvalue weighted by Gasteiger charge is -2.23. The van der Waals surface area contributed by atoms with Crippen molar-refractivity contribution in [1.82, 2.24) is 29.6 Å². The third kappa shape index (κ3) is 7.73. The maximum atomic E-state index is 12.8. The lowest BCUT2D eigenvalue weighted by atomic mass is 9.95. The highest BCUT2D eigenvalue weighted by atomic mass is 16.5. The molecule has 4 amide bonds. The van der Waals surface area contributed by atoms with Crippen molar-refractivity contribution in [2.24, 2.45) is 5.41 Å². The van der Waals surface area contributed by atoms with Crippen LogP contribution in [-0.2, 0) is 9.59 Å². The summed E-state index contributed by atoms with van der Waals surface area (Å²) < 4.78 is 11.7. The zero-order chi connectivity index (χ0) is 35.8. The van der Waals surface area contributed by atoms with Crippen LogP contribution in [0, 0.1) is 5.41 Å². The number of carbonyl (C=O) groups excluding carboxylic acids is 4. The number of likely N-dealkylation sites (N-methyl/N-ethyl adjacent to an activating group) is 2. The van der Waals surface area contributed by atoms with Crippen LogP contribution in [0.25, 0.3) is 0 Å². The van der Waals surface area contributed by atoms with E-state index in [9.17, 15) is 19.2 Å². The van der Waals surface area contributed by atoms with Crippen LogP contribution >= 0.6 is 0 Å². The molecule has 0 aromatic carbocycles. The molecule has 1 aliphatic carbocycles. The van der Waals surface area contributed by atoms with Gasteiger partial charge in [-0.2, -0.15) is 0 Å². The maximum absolute atomic E-state index is 12.8.